The molecule has 1 aromatic heterocycles. The van der Waals surface area contributed by atoms with Gasteiger partial charge in [0.05, 0.1) is 32.2 Å². The van der Waals surface area contributed by atoms with E-state index in [1.807, 2.05) is 11.1 Å². The predicted octanol–water partition coefficient (Wildman–Crippen LogP) is 6.27. The number of ketones is 1. The van der Waals surface area contributed by atoms with Crippen molar-refractivity contribution in [2.45, 2.75) is 39.2 Å². The number of hydrogen-bond acceptors (Lipinski definition) is 9. The lowest BCUT2D eigenvalue weighted by atomic mass is 9.77. The van der Waals surface area contributed by atoms with Crippen molar-refractivity contribution in [3.8, 4) is 0 Å². The fourth-order valence-electron chi connectivity index (χ4n) is 4.98. The lowest BCUT2D eigenvalue weighted by Crippen LogP contribution is -2.28. The zero-order valence-corrected chi connectivity index (χ0v) is 21.0. The van der Waals surface area contributed by atoms with Crippen LogP contribution in [-0.4, -0.2) is 26.3 Å². The van der Waals surface area contributed by atoms with Crippen LogP contribution in [0.1, 0.15) is 58.7 Å². The van der Waals surface area contributed by atoms with E-state index in [1.54, 1.807) is 31.2 Å². The molecule has 5 rings (SSSR count). The molecule has 2 aromatic carbocycles. The van der Waals surface area contributed by atoms with Crippen LogP contribution in [-0.2, 0) is 0 Å². The quantitative estimate of drug-likeness (QED) is 0.214. The van der Waals surface area contributed by atoms with Crippen molar-refractivity contribution in [1.29, 1.82) is 0 Å². The second kappa shape index (κ2) is 9.66. The van der Waals surface area contributed by atoms with Crippen LogP contribution in [0.25, 0.3) is 6.08 Å². The van der Waals surface area contributed by atoms with E-state index < -0.39 is 9.85 Å². The van der Waals surface area contributed by atoms with Gasteiger partial charge in [0.2, 0.25) is 5.13 Å². The van der Waals surface area contributed by atoms with Crippen LogP contribution in [0.5, 0.6) is 0 Å². The molecule has 0 radical (unpaired) electrons. The molecule has 188 valence electrons. The first-order valence-electron chi connectivity index (χ1n) is 11.8. The first kappa shape index (κ1) is 24.4. The summed E-state index contributed by atoms with van der Waals surface area (Å²) in [5.41, 5.74) is 4.37. The van der Waals surface area contributed by atoms with Crippen LogP contribution in [0.2, 0.25) is 0 Å². The highest BCUT2D eigenvalue weighted by atomic mass is 32.1. The first-order valence-corrected chi connectivity index (χ1v) is 12.6. The Hall–Kier alpha value is -4.25. The summed E-state index contributed by atoms with van der Waals surface area (Å²) in [6, 6.07) is 12.7. The third-order valence-corrected chi connectivity index (χ3v) is 7.94. The van der Waals surface area contributed by atoms with Gasteiger partial charge in [-0.2, -0.15) is 5.10 Å². The molecule has 2 heterocycles. The number of carbonyl (C=O) groups excluding carboxylic acids is 1. The maximum absolute atomic E-state index is 12.1. The number of fused-ring (bicyclic) bond motifs is 1. The second-order valence-corrected chi connectivity index (χ2v) is 10.1. The Morgan fingerprint density at radius 1 is 1.05 bits per heavy atom. The SMILES string of the molecule is CC(=O)c1sc(N2N=C3/C(=C\c4ccc([N+](=O)[O-])cc4)CCC[C@@H]3[C@@H]2c2ccc([N+](=O)[O-])cc2)nc1C. The topological polar surface area (TPSA) is 132 Å². The van der Waals surface area contributed by atoms with Gasteiger partial charge in [-0.3, -0.25) is 25.0 Å². The molecule has 0 saturated heterocycles. The maximum atomic E-state index is 12.1. The number of nitro benzene ring substituents is 2. The number of thiazole rings is 1. The van der Waals surface area contributed by atoms with Crippen molar-refractivity contribution in [1.82, 2.24) is 4.98 Å². The molecule has 0 spiro atoms. The molecule has 10 nitrogen and oxygen atoms in total. The summed E-state index contributed by atoms with van der Waals surface area (Å²) in [7, 11) is 0. The minimum Gasteiger partial charge on any atom is -0.294 e. The van der Waals surface area contributed by atoms with Gasteiger partial charge in [-0.05, 0) is 61.1 Å². The van der Waals surface area contributed by atoms with Gasteiger partial charge in [0, 0.05) is 37.1 Å². The molecule has 0 amide bonds. The molecule has 1 fully saturated rings. The number of hydrazone groups is 1. The van der Waals surface area contributed by atoms with Crippen molar-refractivity contribution in [3.63, 3.8) is 0 Å². The van der Waals surface area contributed by atoms with Gasteiger partial charge in [0.15, 0.2) is 5.78 Å². The van der Waals surface area contributed by atoms with Gasteiger partial charge in [-0.25, -0.2) is 9.99 Å². The van der Waals surface area contributed by atoms with Crippen molar-refractivity contribution in [2.24, 2.45) is 11.0 Å². The van der Waals surface area contributed by atoms with Gasteiger partial charge in [-0.1, -0.05) is 23.5 Å². The number of non-ortho nitro benzene ring substituents is 2. The Morgan fingerprint density at radius 3 is 2.24 bits per heavy atom. The van der Waals surface area contributed by atoms with Crippen LogP contribution >= 0.6 is 11.3 Å². The number of nitrogens with zero attached hydrogens (tertiary/aromatic N) is 5. The number of carbonyl (C=O) groups is 1. The highest BCUT2D eigenvalue weighted by Gasteiger charge is 2.43. The zero-order chi connectivity index (χ0) is 26.3. The number of aryl methyl sites for hydroxylation is 1. The van der Waals surface area contributed by atoms with Crippen LogP contribution in [0.4, 0.5) is 16.5 Å². The number of anilines is 1. The van der Waals surface area contributed by atoms with Crippen molar-refractivity contribution >= 4 is 45.4 Å². The van der Waals surface area contributed by atoms with Gasteiger partial charge < -0.3 is 0 Å². The van der Waals surface area contributed by atoms with E-state index >= 15 is 0 Å². The monoisotopic (exact) mass is 517 g/mol. The smallest absolute Gasteiger partial charge is 0.269 e. The Bertz CT molecular complexity index is 1460. The second-order valence-electron chi connectivity index (χ2n) is 9.11. The number of allylic oxidation sites excluding steroid dienone is 1. The van der Waals surface area contributed by atoms with Gasteiger partial charge >= 0.3 is 0 Å². The Morgan fingerprint density at radius 2 is 1.68 bits per heavy atom. The van der Waals surface area contributed by atoms with Crippen molar-refractivity contribution in [3.05, 3.63) is 96.0 Å². The average molecular weight is 518 g/mol. The molecule has 37 heavy (non-hydrogen) atoms. The highest BCUT2D eigenvalue weighted by Crippen LogP contribution is 2.47. The number of aromatic nitrogens is 1. The van der Waals surface area contributed by atoms with Gasteiger partial charge in [0.25, 0.3) is 11.4 Å². The summed E-state index contributed by atoms with van der Waals surface area (Å²) >= 11 is 1.29. The average Bonchev–Trinajstić information content (AvgIpc) is 3.46. The van der Waals surface area contributed by atoms with Crippen LogP contribution in [0.15, 0.2) is 59.2 Å². The van der Waals surface area contributed by atoms with E-state index in [1.165, 1.54) is 42.5 Å². The van der Waals surface area contributed by atoms with Crippen molar-refractivity contribution < 1.29 is 14.6 Å². The highest BCUT2D eigenvalue weighted by molar-refractivity contribution is 7.17. The first-order chi connectivity index (χ1) is 17.7. The standard InChI is InChI=1S/C26H23N5O5S/c1-15-25(16(2)32)37-26(27-15)29-24(18-8-12-21(13-9-18)31(35)36)22-5-3-4-19(23(22)28-29)14-17-6-10-20(11-7-17)30(33)34/h6-14,22,24H,3-5H2,1-2H3/b19-14-/t22-,24-/m0/s1. The Labute approximate surface area is 216 Å². The molecule has 0 bridgehead atoms. The number of nitro groups is 2. The van der Waals surface area contributed by atoms with E-state index in [2.05, 4.69) is 4.98 Å². The number of Topliss-reactive ketones (excluding diaryl/α,β-unsaturated/α-hetero) is 1. The number of rotatable bonds is 6. The summed E-state index contributed by atoms with van der Waals surface area (Å²) in [4.78, 5) is 38.7. The number of benzene rings is 2. The fourth-order valence-corrected chi connectivity index (χ4v) is 5.93. The molecule has 0 unspecified atom stereocenters. The van der Waals surface area contributed by atoms with E-state index in [9.17, 15) is 25.0 Å². The molecule has 11 heteroatoms. The lowest BCUT2D eigenvalue weighted by Gasteiger charge is -2.29. The van der Waals surface area contributed by atoms with Gasteiger partial charge in [-0.15, -0.1) is 0 Å². The molecule has 3 aromatic rings. The fraction of sp³-hybridized carbons (Fsp3) is 0.269. The van der Waals surface area contributed by atoms with Crippen LogP contribution < -0.4 is 5.01 Å². The van der Waals surface area contributed by atoms with Gasteiger partial charge in [0.1, 0.15) is 0 Å². The number of hydrogen-bond donors (Lipinski definition) is 0. The van der Waals surface area contributed by atoms with Crippen LogP contribution in [0.3, 0.4) is 0 Å². The van der Waals surface area contributed by atoms with E-state index in [0.717, 1.165) is 41.7 Å². The molecule has 2 aliphatic rings. The van der Waals surface area contributed by atoms with E-state index in [-0.39, 0.29) is 29.1 Å². The zero-order valence-electron chi connectivity index (χ0n) is 20.2. The summed E-state index contributed by atoms with van der Waals surface area (Å²) in [6.45, 7) is 3.31. The van der Waals surface area contributed by atoms with Crippen molar-refractivity contribution in [2.75, 3.05) is 5.01 Å². The molecule has 1 aliphatic carbocycles. The summed E-state index contributed by atoms with van der Waals surface area (Å²) < 4.78 is 0. The Balaban J connectivity index is 1.58. The molecular weight excluding hydrogens is 494 g/mol. The molecular formula is C26H23N5O5S. The Kier molecular flexibility index (Phi) is 6.38. The summed E-state index contributed by atoms with van der Waals surface area (Å²) in [6.07, 6.45) is 4.62. The third kappa shape index (κ3) is 4.65. The summed E-state index contributed by atoms with van der Waals surface area (Å²) in [5, 5.41) is 29.7. The molecule has 1 saturated carbocycles. The normalized spacial score (nSPS) is 20.0. The molecule has 1 aliphatic heterocycles. The molecule has 2 atom stereocenters. The largest absolute Gasteiger partial charge is 0.294 e. The third-order valence-electron chi connectivity index (χ3n) is 6.69. The van der Waals surface area contributed by atoms with Crippen LogP contribution in [0, 0.1) is 33.1 Å². The molecule has 0 N–H and O–H groups in total. The lowest BCUT2D eigenvalue weighted by molar-refractivity contribution is -0.385. The minimum atomic E-state index is -0.424. The predicted molar refractivity (Wildman–Crippen MR) is 141 cm³/mol. The minimum absolute atomic E-state index is 0.0146. The summed E-state index contributed by atoms with van der Waals surface area (Å²) in [5.74, 6) is -0.0411. The maximum Gasteiger partial charge on any atom is 0.269 e. The van der Waals surface area contributed by atoms with E-state index in [0.29, 0.717) is 15.7 Å². The van der Waals surface area contributed by atoms with E-state index in [4.69, 9.17) is 5.10 Å².